The van der Waals surface area contributed by atoms with Gasteiger partial charge in [-0.05, 0) is 65.4 Å². The van der Waals surface area contributed by atoms with Crippen LogP contribution in [-0.4, -0.2) is 84.7 Å². The highest BCUT2D eigenvalue weighted by Crippen LogP contribution is 2.36. The summed E-state index contributed by atoms with van der Waals surface area (Å²) in [5.74, 6) is -0.839. The molecule has 44 heavy (non-hydrogen) atoms. The summed E-state index contributed by atoms with van der Waals surface area (Å²) in [6.07, 6.45) is 6.97. The molecule has 0 aromatic heterocycles. The van der Waals surface area contributed by atoms with Crippen LogP contribution >= 0.6 is 0 Å². The zero-order chi connectivity index (χ0) is 31.9. The third-order valence-corrected chi connectivity index (χ3v) is 8.96. The molecule has 1 aromatic rings. The zero-order valence-electron chi connectivity index (χ0n) is 26.9. The van der Waals surface area contributed by atoms with E-state index in [4.69, 9.17) is 9.47 Å². The van der Waals surface area contributed by atoms with Crippen LogP contribution in [0.15, 0.2) is 42.5 Å². The summed E-state index contributed by atoms with van der Waals surface area (Å²) in [4.78, 5) is 55.3. The number of ether oxygens (including phenoxy) is 2. The van der Waals surface area contributed by atoms with E-state index in [1.54, 1.807) is 4.90 Å². The molecule has 0 unspecified atom stereocenters. The van der Waals surface area contributed by atoms with Crippen molar-refractivity contribution >= 4 is 23.6 Å². The van der Waals surface area contributed by atoms with Crippen LogP contribution in [0.25, 0.3) is 0 Å². The van der Waals surface area contributed by atoms with E-state index >= 15 is 0 Å². The molecule has 3 heterocycles. The maximum absolute atomic E-state index is 13.9. The lowest BCUT2D eigenvalue weighted by atomic mass is 9.75. The predicted molar refractivity (Wildman–Crippen MR) is 167 cm³/mol. The number of nitrogens with zero attached hydrogens (tertiary/aromatic N) is 1. The molecule has 3 N–H and O–H groups in total. The number of allylic oxidation sites excluding steroid dienone is 2. The average Bonchev–Trinajstić information content (AvgIpc) is 2.97. The van der Waals surface area contributed by atoms with E-state index in [1.165, 1.54) is 6.92 Å². The van der Waals surface area contributed by atoms with Crippen LogP contribution < -0.4 is 16.0 Å². The zero-order valence-corrected chi connectivity index (χ0v) is 26.9. The van der Waals surface area contributed by atoms with Crippen LogP contribution in [-0.2, 0) is 35.1 Å². The summed E-state index contributed by atoms with van der Waals surface area (Å²) in [5, 5.41) is 9.18. The summed E-state index contributed by atoms with van der Waals surface area (Å²) >= 11 is 0. The van der Waals surface area contributed by atoms with Gasteiger partial charge in [0.05, 0.1) is 17.1 Å². The minimum atomic E-state index is -0.821. The molecule has 2 saturated heterocycles. The fraction of sp³-hybridized carbons (Fsp3) is 0.647. The van der Waals surface area contributed by atoms with Gasteiger partial charge in [0, 0.05) is 51.6 Å². The van der Waals surface area contributed by atoms with Gasteiger partial charge in [-0.3, -0.25) is 19.2 Å². The Morgan fingerprint density at radius 3 is 2.48 bits per heavy atom. The van der Waals surface area contributed by atoms with Crippen molar-refractivity contribution in [1.82, 2.24) is 20.9 Å². The van der Waals surface area contributed by atoms with Crippen LogP contribution in [0.4, 0.5) is 0 Å². The third-order valence-electron chi connectivity index (χ3n) is 8.96. The monoisotopic (exact) mass is 610 g/mol. The molecule has 3 aliphatic heterocycles. The number of fused-ring (bicyclic) bond motifs is 1. The Labute approximate surface area is 261 Å². The summed E-state index contributed by atoms with van der Waals surface area (Å²) in [5.41, 5.74) is -0.153. The van der Waals surface area contributed by atoms with Gasteiger partial charge in [-0.25, -0.2) is 0 Å². The largest absolute Gasteiger partial charge is 0.381 e. The van der Waals surface area contributed by atoms with Crippen LogP contribution in [0.5, 0.6) is 0 Å². The molecule has 242 valence electrons. The predicted octanol–water partition coefficient (Wildman–Crippen LogP) is 2.90. The molecule has 2 fully saturated rings. The topological polar surface area (TPSA) is 126 Å². The SMILES string of the molecule is CC(=O)N[C@H](C(=O)N1CC[C@H]2NC(=O)[C@H](Cc3ccccc3)NC(=O)C3(C/C=C/C[C@@H]2C1)CCOCC3)[C@@H](C)OC(C)(C)C. The van der Waals surface area contributed by atoms with Gasteiger partial charge in [-0.15, -0.1) is 0 Å². The van der Waals surface area contributed by atoms with E-state index < -0.39 is 29.2 Å². The van der Waals surface area contributed by atoms with Gasteiger partial charge in [-0.1, -0.05) is 42.5 Å². The van der Waals surface area contributed by atoms with Crippen molar-refractivity contribution in [3.05, 3.63) is 48.0 Å². The Morgan fingerprint density at radius 2 is 1.82 bits per heavy atom. The first kappa shape index (κ1) is 33.6. The molecule has 0 aliphatic carbocycles. The molecule has 3 aliphatic rings. The molecule has 1 spiro atoms. The van der Waals surface area contributed by atoms with E-state index in [2.05, 4.69) is 28.1 Å². The first-order valence-corrected chi connectivity index (χ1v) is 16.0. The van der Waals surface area contributed by atoms with Crippen molar-refractivity contribution in [2.45, 2.75) is 103 Å². The summed E-state index contributed by atoms with van der Waals surface area (Å²) in [6.45, 7) is 10.8. The average molecular weight is 611 g/mol. The highest BCUT2D eigenvalue weighted by molar-refractivity contribution is 5.91. The second-order valence-electron chi connectivity index (χ2n) is 13.6. The van der Waals surface area contributed by atoms with Gasteiger partial charge in [0.25, 0.3) is 0 Å². The van der Waals surface area contributed by atoms with Crippen LogP contribution in [0.1, 0.15) is 72.3 Å². The quantitative estimate of drug-likeness (QED) is 0.426. The molecular formula is C34H50N4O6. The molecule has 4 rings (SSSR count). The molecule has 0 bridgehead atoms. The maximum atomic E-state index is 13.9. The van der Waals surface area contributed by atoms with Gasteiger partial charge in [-0.2, -0.15) is 0 Å². The molecule has 5 atom stereocenters. The smallest absolute Gasteiger partial charge is 0.247 e. The lowest BCUT2D eigenvalue weighted by Gasteiger charge is -2.42. The van der Waals surface area contributed by atoms with Crippen molar-refractivity contribution in [3.63, 3.8) is 0 Å². The first-order valence-electron chi connectivity index (χ1n) is 16.0. The van der Waals surface area contributed by atoms with E-state index in [9.17, 15) is 19.2 Å². The number of hydrogen-bond donors (Lipinski definition) is 3. The van der Waals surface area contributed by atoms with E-state index in [0.29, 0.717) is 64.8 Å². The van der Waals surface area contributed by atoms with Gasteiger partial charge in [0.15, 0.2) is 0 Å². The Hall–Kier alpha value is -3.24. The summed E-state index contributed by atoms with van der Waals surface area (Å²) < 4.78 is 11.7. The number of rotatable bonds is 6. The lowest BCUT2D eigenvalue weighted by Crippen LogP contribution is -2.61. The number of carbonyl (C=O) groups excluding carboxylic acids is 4. The van der Waals surface area contributed by atoms with E-state index in [1.807, 2.05) is 58.0 Å². The molecule has 4 amide bonds. The van der Waals surface area contributed by atoms with E-state index in [-0.39, 0.29) is 35.6 Å². The molecule has 1 aromatic carbocycles. The Morgan fingerprint density at radius 1 is 1.11 bits per heavy atom. The Balaban J connectivity index is 1.57. The number of nitrogens with one attached hydrogen (secondary N) is 3. The van der Waals surface area contributed by atoms with Gasteiger partial charge in [0.2, 0.25) is 23.6 Å². The lowest BCUT2D eigenvalue weighted by molar-refractivity contribution is -0.146. The number of amides is 4. The maximum Gasteiger partial charge on any atom is 0.247 e. The highest BCUT2D eigenvalue weighted by atomic mass is 16.5. The molecule has 0 saturated carbocycles. The van der Waals surface area contributed by atoms with E-state index in [0.717, 1.165) is 5.56 Å². The van der Waals surface area contributed by atoms with Crippen molar-refractivity contribution in [1.29, 1.82) is 0 Å². The van der Waals surface area contributed by atoms with Gasteiger partial charge < -0.3 is 30.3 Å². The number of carbonyl (C=O) groups is 4. The van der Waals surface area contributed by atoms with Gasteiger partial charge in [0.1, 0.15) is 12.1 Å². The first-order chi connectivity index (χ1) is 20.9. The molecule has 0 radical (unpaired) electrons. The summed E-state index contributed by atoms with van der Waals surface area (Å²) in [6, 6.07) is 7.99. The van der Waals surface area contributed by atoms with Crippen LogP contribution in [0, 0.1) is 11.3 Å². The summed E-state index contributed by atoms with van der Waals surface area (Å²) in [7, 11) is 0. The highest BCUT2D eigenvalue weighted by Gasteiger charge is 2.42. The van der Waals surface area contributed by atoms with Crippen molar-refractivity contribution < 1.29 is 28.7 Å². The minimum Gasteiger partial charge on any atom is -0.381 e. The normalized spacial score (nSPS) is 26.6. The Kier molecular flexibility index (Phi) is 11.2. The second-order valence-corrected chi connectivity index (χ2v) is 13.6. The second kappa shape index (κ2) is 14.7. The molecule has 10 nitrogen and oxygen atoms in total. The van der Waals surface area contributed by atoms with Crippen molar-refractivity contribution in [2.75, 3.05) is 26.3 Å². The van der Waals surface area contributed by atoms with Gasteiger partial charge >= 0.3 is 0 Å². The number of benzene rings is 1. The number of hydrogen-bond acceptors (Lipinski definition) is 6. The minimum absolute atomic E-state index is 0.0390. The molecule has 10 heteroatoms. The third kappa shape index (κ3) is 8.91. The number of piperidine rings is 1. The van der Waals surface area contributed by atoms with Crippen LogP contribution in [0.3, 0.4) is 0 Å². The number of likely N-dealkylation sites (tertiary alicyclic amines) is 1. The standard InChI is InChI=1S/C34H50N4O6/c1-23(44-33(3,4)5)29(35-24(2)39)31(41)38-18-14-27-26(22-38)13-9-10-15-34(16-19-43-20-17-34)32(42)37-28(30(40)36-27)21-25-11-7-6-8-12-25/h6-12,23,26-29H,13-22H2,1-5H3,(H,35,39)(H,36,40)(H,37,42)/b10-9+/t23-,26-,27-,28+,29+/m1/s1. The molecular weight excluding hydrogens is 560 g/mol. The van der Waals surface area contributed by atoms with Crippen LogP contribution in [0.2, 0.25) is 0 Å². The van der Waals surface area contributed by atoms with Crippen molar-refractivity contribution in [2.24, 2.45) is 11.3 Å². The fourth-order valence-electron chi connectivity index (χ4n) is 6.60. The van der Waals surface area contributed by atoms with Crippen molar-refractivity contribution in [3.8, 4) is 0 Å². The fourth-order valence-corrected chi connectivity index (χ4v) is 6.60. The Bertz CT molecular complexity index is 1190.